The molecule has 0 saturated carbocycles. The summed E-state index contributed by atoms with van der Waals surface area (Å²) in [7, 11) is 1.79. The van der Waals surface area contributed by atoms with Crippen molar-refractivity contribution in [2.24, 2.45) is 7.05 Å². The summed E-state index contributed by atoms with van der Waals surface area (Å²) in [5.74, 6) is 0.528. The molecule has 8 nitrogen and oxygen atoms in total. The van der Waals surface area contributed by atoms with Gasteiger partial charge < -0.3 is 15.0 Å². The highest BCUT2D eigenvalue weighted by Crippen LogP contribution is 2.26. The Morgan fingerprint density at radius 2 is 2.09 bits per heavy atom. The van der Waals surface area contributed by atoms with Crippen LogP contribution in [0.4, 0.5) is 11.6 Å². The molecule has 1 saturated heterocycles. The highest BCUT2D eigenvalue weighted by atomic mass is 32.1. The Kier molecular flexibility index (Phi) is 4.08. The number of aromatic nitrogens is 3. The van der Waals surface area contributed by atoms with Gasteiger partial charge in [-0.1, -0.05) is 0 Å². The van der Waals surface area contributed by atoms with E-state index in [4.69, 9.17) is 0 Å². The van der Waals surface area contributed by atoms with Gasteiger partial charge in [0, 0.05) is 45.2 Å². The van der Waals surface area contributed by atoms with E-state index in [2.05, 4.69) is 20.2 Å². The van der Waals surface area contributed by atoms with Gasteiger partial charge in [0.05, 0.1) is 10.7 Å². The van der Waals surface area contributed by atoms with Gasteiger partial charge in [-0.25, -0.2) is 4.98 Å². The van der Waals surface area contributed by atoms with E-state index in [9.17, 15) is 10.1 Å². The van der Waals surface area contributed by atoms with Crippen LogP contribution < -0.4 is 4.90 Å². The van der Waals surface area contributed by atoms with Gasteiger partial charge in [0.25, 0.3) is 0 Å². The van der Waals surface area contributed by atoms with Crippen LogP contribution in [-0.2, 0) is 13.6 Å². The number of hydrogen-bond acceptors (Lipinski definition) is 7. The van der Waals surface area contributed by atoms with Gasteiger partial charge in [0.1, 0.15) is 0 Å². The molecule has 1 aliphatic heterocycles. The van der Waals surface area contributed by atoms with Gasteiger partial charge in [-0.2, -0.15) is 0 Å². The van der Waals surface area contributed by atoms with E-state index in [1.165, 1.54) is 6.33 Å². The lowest BCUT2D eigenvalue weighted by molar-refractivity contribution is -0.388. The van der Waals surface area contributed by atoms with Crippen molar-refractivity contribution < 1.29 is 4.92 Å². The molecule has 3 rings (SSSR count). The number of imidazole rings is 1. The van der Waals surface area contributed by atoms with Gasteiger partial charge in [-0.15, -0.1) is 11.3 Å². The first-order valence-electron chi connectivity index (χ1n) is 7.08. The number of hydrogen-bond donors (Lipinski definition) is 0. The summed E-state index contributed by atoms with van der Waals surface area (Å²) in [4.78, 5) is 23.4. The highest BCUT2D eigenvalue weighted by molar-refractivity contribution is 7.09. The monoisotopic (exact) mass is 322 g/mol. The van der Waals surface area contributed by atoms with E-state index in [0.717, 1.165) is 43.4 Å². The zero-order valence-electron chi connectivity index (χ0n) is 12.6. The summed E-state index contributed by atoms with van der Waals surface area (Å²) in [6.45, 7) is 6.07. The van der Waals surface area contributed by atoms with Crippen LogP contribution in [-0.4, -0.2) is 50.5 Å². The molecule has 0 unspecified atom stereocenters. The summed E-state index contributed by atoms with van der Waals surface area (Å²) in [5, 5.41) is 14.2. The van der Waals surface area contributed by atoms with Crippen LogP contribution >= 0.6 is 11.3 Å². The second kappa shape index (κ2) is 6.01. The molecule has 22 heavy (non-hydrogen) atoms. The first-order chi connectivity index (χ1) is 10.5. The molecule has 0 radical (unpaired) electrons. The van der Waals surface area contributed by atoms with Crippen LogP contribution in [0.25, 0.3) is 0 Å². The van der Waals surface area contributed by atoms with Gasteiger partial charge in [0.2, 0.25) is 12.1 Å². The molecule has 0 aromatic carbocycles. The van der Waals surface area contributed by atoms with Crippen molar-refractivity contribution in [3.8, 4) is 0 Å². The third-order valence-corrected chi connectivity index (χ3v) is 4.61. The minimum Gasteiger partial charge on any atom is -0.358 e. The highest BCUT2D eigenvalue weighted by Gasteiger charge is 2.28. The van der Waals surface area contributed by atoms with Gasteiger partial charge in [-0.05, 0) is 16.8 Å². The van der Waals surface area contributed by atoms with Crippen molar-refractivity contribution >= 4 is 23.0 Å². The molecule has 118 valence electrons. The van der Waals surface area contributed by atoms with Gasteiger partial charge >= 0.3 is 5.82 Å². The molecule has 0 N–H and O–H groups in total. The Morgan fingerprint density at radius 1 is 1.36 bits per heavy atom. The fourth-order valence-electron chi connectivity index (χ4n) is 2.73. The quantitative estimate of drug-likeness (QED) is 0.625. The van der Waals surface area contributed by atoms with Crippen molar-refractivity contribution in [1.29, 1.82) is 0 Å². The summed E-state index contributed by atoms with van der Waals surface area (Å²) >= 11 is 1.66. The Bertz CT molecular complexity index is 674. The minimum atomic E-state index is -0.417. The molecule has 2 aromatic rings. The number of nitro groups is 1. The zero-order chi connectivity index (χ0) is 15.7. The van der Waals surface area contributed by atoms with E-state index in [1.54, 1.807) is 23.0 Å². The largest absolute Gasteiger partial charge is 0.406 e. The molecule has 0 aliphatic carbocycles. The molecule has 2 aromatic heterocycles. The molecule has 3 heterocycles. The SMILES string of the molecule is Cc1nc(CN2CCN(c3c([N+](=O)[O-])ncn3C)CC2)cs1. The summed E-state index contributed by atoms with van der Waals surface area (Å²) < 4.78 is 1.72. The van der Waals surface area contributed by atoms with Crippen LogP contribution in [0.2, 0.25) is 0 Å². The number of anilines is 1. The predicted octanol–water partition coefficient (Wildman–Crippen LogP) is 1.42. The molecule has 0 spiro atoms. The van der Waals surface area contributed by atoms with Gasteiger partial charge in [0.15, 0.2) is 0 Å². The van der Waals surface area contributed by atoms with Gasteiger partial charge in [-0.3, -0.25) is 9.47 Å². The third-order valence-electron chi connectivity index (χ3n) is 3.78. The molecular weight excluding hydrogens is 304 g/mol. The van der Waals surface area contributed by atoms with Crippen LogP contribution in [0.1, 0.15) is 10.7 Å². The summed E-state index contributed by atoms with van der Waals surface area (Å²) in [6.07, 6.45) is 1.50. The molecule has 9 heteroatoms. The normalized spacial score (nSPS) is 16.2. The summed E-state index contributed by atoms with van der Waals surface area (Å²) in [5.41, 5.74) is 1.10. The molecule has 0 bridgehead atoms. The molecule has 0 atom stereocenters. The Hall–Kier alpha value is -2.00. The van der Waals surface area contributed by atoms with E-state index >= 15 is 0 Å². The maximum atomic E-state index is 11.1. The smallest absolute Gasteiger partial charge is 0.358 e. The van der Waals surface area contributed by atoms with E-state index < -0.39 is 4.92 Å². The van der Waals surface area contributed by atoms with Crippen molar-refractivity contribution in [3.05, 3.63) is 32.5 Å². The Balaban J connectivity index is 1.64. The number of nitrogens with zero attached hydrogens (tertiary/aromatic N) is 6. The van der Waals surface area contributed by atoms with Crippen molar-refractivity contribution in [1.82, 2.24) is 19.4 Å². The predicted molar refractivity (Wildman–Crippen MR) is 84.2 cm³/mol. The first-order valence-corrected chi connectivity index (χ1v) is 7.96. The lowest BCUT2D eigenvalue weighted by Gasteiger charge is -2.34. The third kappa shape index (κ3) is 2.95. The zero-order valence-corrected chi connectivity index (χ0v) is 13.4. The van der Waals surface area contributed by atoms with Crippen LogP contribution in [0.3, 0.4) is 0 Å². The van der Waals surface area contributed by atoms with Crippen molar-refractivity contribution in [2.75, 3.05) is 31.1 Å². The standard InChI is InChI=1S/C13H18N6O2S/c1-10-15-11(8-22-10)7-17-3-5-18(6-4-17)13-12(19(20)21)14-9-16(13)2/h8-9H,3-7H2,1-2H3. The molecular formula is C13H18N6O2S. The van der Waals surface area contributed by atoms with Crippen LogP contribution in [0.5, 0.6) is 0 Å². The fourth-order valence-corrected chi connectivity index (χ4v) is 3.34. The van der Waals surface area contributed by atoms with E-state index in [-0.39, 0.29) is 5.82 Å². The summed E-state index contributed by atoms with van der Waals surface area (Å²) in [6, 6.07) is 0. The lowest BCUT2D eigenvalue weighted by atomic mass is 10.3. The average molecular weight is 322 g/mol. The Morgan fingerprint density at radius 3 is 2.68 bits per heavy atom. The first kappa shape index (κ1) is 14.9. The molecule has 1 fully saturated rings. The fraction of sp³-hybridized carbons (Fsp3) is 0.538. The molecule has 0 amide bonds. The number of thiazole rings is 1. The number of aryl methyl sites for hydroxylation is 2. The number of rotatable bonds is 4. The van der Waals surface area contributed by atoms with Crippen molar-refractivity contribution in [3.63, 3.8) is 0 Å². The topological polar surface area (TPSA) is 80.3 Å². The van der Waals surface area contributed by atoms with Crippen LogP contribution in [0, 0.1) is 17.0 Å². The maximum absolute atomic E-state index is 11.1. The molecule has 1 aliphatic rings. The lowest BCUT2D eigenvalue weighted by Crippen LogP contribution is -2.46. The Labute approximate surface area is 132 Å². The maximum Gasteiger partial charge on any atom is 0.406 e. The average Bonchev–Trinajstić information content (AvgIpc) is 3.06. The van der Waals surface area contributed by atoms with Crippen LogP contribution in [0.15, 0.2) is 11.7 Å². The minimum absolute atomic E-state index is 0.0638. The van der Waals surface area contributed by atoms with Crippen molar-refractivity contribution in [2.45, 2.75) is 13.5 Å². The van der Waals surface area contributed by atoms with E-state index in [0.29, 0.717) is 5.82 Å². The second-order valence-corrected chi connectivity index (χ2v) is 6.44. The second-order valence-electron chi connectivity index (χ2n) is 5.38. The number of piperazine rings is 1. The van der Waals surface area contributed by atoms with E-state index in [1.807, 2.05) is 11.8 Å².